The fourth-order valence-corrected chi connectivity index (χ4v) is 1.51. The van der Waals surface area contributed by atoms with E-state index >= 15 is 0 Å². The summed E-state index contributed by atoms with van der Waals surface area (Å²) < 4.78 is 5.21. The van der Waals surface area contributed by atoms with Gasteiger partial charge in [0.05, 0.1) is 7.11 Å². The Kier molecular flexibility index (Phi) is 2.99. The summed E-state index contributed by atoms with van der Waals surface area (Å²) in [6.45, 7) is 4.12. The van der Waals surface area contributed by atoms with Crippen LogP contribution in [0.3, 0.4) is 0 Å². The van der Waals surface area contributed by atoms with Crippen molar-refractivity contribution >= 4 is 11.6 Å². The molecular weight excluding hydrogens is 172 g/mol. The summed E-state index contributed by atoms with van der Waals surface area (Å²) in [4.78, 5) is 0. The van der Waals surface area contributed by atoms with Gasteiger partial charge in [-0.2, -0.15) is 0 Å². The Bertz CT molecular complexity index is 281. The molecule has 0 spiro atoms. The molecule has 0 unspecified atom stereocenters. The second-order valence-electron chi connectivity index (χ2n) is 2.71. The van der Waals surface area contributed by atoms with Crippen LogP contribution in [-0.4, -0.2) is 7.11 Å². The first-order chi connectivity index (χ1) is 5.70. The van der Waals surface area contributed by atoms with Crippen LogP contribution < -0.4 is 4.74 Å². The lowest BCUT2D eigenvalue weighted by molar-refractivity contribution is 0.409. The van der Waals surface area contributed by atoms with Gasteiger partial charge in [-0.05, 0) is 36.6 Å². The fourth-order valence-electron chi connectivity index (χ4n) is 1.33. The molecule has 0 atom stereocenters. The van der Waals surface area contributed by atoms with Crippen LogP contribution in [-0.2, 0) is 6.42 Å². The standard InChI is InChI=1S/C10H13ClO/c1-4-8-7(2)9(11)5-6-10(8)12-3/h5-6H,4H2,1-3H3. The Morgan fingerprint density at radius 1 is 1.42 bits per heavy atom. The van der Waals surface area contributed by atoms with Crippen LogP contribution in [0.25, 0.3) is 0 Å². The molecule has 0 heterocycles. The summed E-state index contributed by atoms with van der Waals surface area (Å²) in [5.74, 6) is 0.930. The number of ether oxygens (including phenoxy) is 1. The van der Waals surface area contributed by atoms with Gasteiger partial charge in [0, 0.05) is 5.02 Å². The first-order valence-corrected chi connectivity index (χ1v) is 4.40. The lowest BCUT2D eigenvalue weighted by Crippen LogP contribution is -1.93. The molecule has 1 rings (SSSR count). The summed E-state index contributed by atoms with van der Waals surface area (Å²) in [7, 11) is 1.68. The first-order valence-electron chi connectivity index (χ1n) is 4.02. The van der Waals surface area contributed by atoms with Gasteiger partial charge in [0.25, 0.3) is 0 Å². The molecule has 0 amide bonds. The molecular formula is C10H13ClO. The highest BCUT2D eigenvalue weighted by molar-refractivity contribution is 6.31. The molecule has 2 heteroatoms. The minimum Gasteiger partial charge on any atom is -0.496 e. The van der Waals surface area contributed by atoms with E-state index < -0.39 is 0 Å². The number of hydrogen-bond donors (Lipinski definition) is 0. The molecule has 0 aromatic heterocycles. The van der Waals surface area contributed by atoms with E-state index in [2.05, 4.69) is 6.92 Å². The minimum atomic E-state index is 0.813. The van der Waals surface area contributed by atoms with E-state index in [1.807, 2.05) is 19.1 Å². The van der Waals surface area contributed by atoms with Crippen molar-refractivity contribution in [3.05, 3.63) is 28.3 Å². The number of benzene rings is 1. The average Bonchev–Trinajstić information content (AvgIpc) is 2.09. The quantitative estimate of drug-likeness (QED) is 0.686. The molecule has 0 N–H and O–H groups in total. The molecule has 0 fully saturated rings. The molecule has 0 radical (unpaired) electrons. The van der Waals surface area contributed by atoms with Gasteiger partial charge in [0.1, 0.15) is 5.75 Å². The second kappa shape index (κ2) is 3.81. The van der Waals surface area contributed by atoms with Gasteiger partial charge in [-0.25, -0.2) is 0 Å². The molecule has 0 bridgehead atoms. The average molecular weight is 185 g/mol. The van der Waals surface area contributed by atoms with E-state index in [0.29, 0.717) is 0 Å². The van der Waals surface area contributed by atoms with Crippen LogP contribution in [0.4, 0.5) is 0 Å². The zero-order chi connectivity index (χ0) is 9.14. The molecule has 0 aliphatic carbocycles. The SMILES string of the molecule is CCc1c(OC)ccc(Cl)c1C. The first kappa shape index (κ1) is 9.40. The summed E-state index contributed by atoms with van der Waals surface area (Å²) >= 11 is 5.97. The molecule has 0 aliphatic heterocycles. The third-order valence-corrected chi connectivity index (χ3v) is 2.47. The van der Waals surface area contributed by atoms with Crippen molar-refractivity contribution in [3.63, 3.8) is 0 Å². The van der Waals surface area contributed by atoms with E-state index in [0.717, 1.165) is 22.8 Å². The van der Waals surface area contributed by atoms with Gasteiger partial charge in [0.15, 0.2) is 0 Å². The van der Waals surface area contributed by atoms with E-state index in [1.165, 1.54) is 5.56 Å². The van der Waals surface area contributed by atoms with Crippen LogP contribution in [0.1, 0.15) is 18.1 Å². The van der Waals surface area contributed by atoms with Crippen molar-refractivity contribution < 1.29 is 4.74 Å². The highest BCUT2D eigenvalue weighted by Gasteiger charge is 2.06. The van der Waals surface area contributed by atoms with Crippen LogP contribution in [0.5, 0.6) is 5.75 Å². The van der Waals surface area contributed by atoms with Gasteiger partial charge in [-0.3, -0.25) is 0 Å². The second-order valence-corrected chi connectivity index (χ2v) is 3.11. The van der Waals surface area contributed by atoms with Gasteiger partial charge in [-0.1, -0.05) is 18.5 Å². The Hall–Kier alpha value is -0.690. The van der Waals surface area contributed by atoms with Crippen LogP contribution in [0.15, 0.2) is 12.1 Å². The predicted molar refractivity (Wildman–Crippen MR) is 52.1 cm³/mol. The summed E-state index contributed by atoms with van der Waals surface area (Å²) in [5.41, 5.74) is 2.32. The maximum absolute atomic E-state index is 5.97. The molecule has 66 valence electrons. The largest absolute Gasteiger partial charge is 0.496 e. The van der Waals surface area contributed by atoms with Crippen molar-refractivity contribution in [2.75, 3.05) is 7.11 Å². The smallest absolute Gasteiger partial charge is 0.122 e. The molecule has 1 aromatic carbocycles. The van der Waals surface area contributed by atoms with E-state index in [9.17, 15) is 0 Å². The van der Waals surface area contributed by atoms with Crippen molar-refractivity contribution in [1.29, 1.82) is 0 Å². The van der Waals surface area contributed by atoms with Crippen molar-refractivity contribution in [2.45, 2.75) is 20.3 Å². The third-order valence-electron chi connectivity index (χ3n) is 2.06. The number of hydrogen-bond acceptors (Lipinski definition) is 1. The Balaban J connectivity index is 3.25. The van der Waals surface area contributed by atoms with Crippen LogP contribution >= 0.6 is 11.6 Å². The Morgan fingerprint density at radius 2 is 2.08 bits per heavy atom. The zero-order valence-electron chi connectivity index (χ0n) is 7.65. The molecule has 0 saturated heterocycles. The summed E-state index contributed by atoms with van der Waals surface area (Å²) in [5, 5.41) is 0.813. The lowest BCUT2D eigenvalue weighted by Gasteiger charge is -2.10. The van der Waals surface area contributed by atoms with E-state index in [1.54, 1.807) is 7.11 Å². The van der Waals surface area contributed by atoms with Crippen molar-refractivity contribution in [3.8, 4) is 5.75 Å². The highest BCUT2D eigenvalue weighted by Crippen LogP contribution is 2.27. The number of methoxy groups -OCH3 is 1. The summed E-state index contributed by atoms with van der Waals surface area (Å²) in [6, 6.07) is 3.78. The maximum Gasteiger partial charge on any atom is 0.122 e. The highest BCUT2D eigenvalue weighted by atomic mass is 35.5. The van der Waals surface area contributed by atoms with Crippen LogP contribution in [0.2, 0.25) is 5.02 Å². The molecule has 0 aliphatic rings. The zero-order valence-corrected chi connectivity index (χ0v) is 8.40. The monoisotopic (exact) mass is 184 g/mol. The van der Waals surface area contributed by atoms with Gasteiger partial charge in [0.2, 0.25) is 0 Å². The molecule has 1 aromatic rings. The van der Waals surface area contributed by atoms with E-state index in [-0.39, 0.29) is 0 Å². The fraction of sp³-hybridized carbons (Fsp3) is 0.400. The van der Waals surface area contributed by atoms with Crippen molar-refractivity contribution in [2.24, 2.45) is 0 Å². The van der Waals surface area contributed by atoms with Crippen molar-refractivity contribution in [1.82, 2.24) is 0 Å². The Morgan fingerprint density at radius 3 is 2.58 bits per heavy atom. The normalized spacial score (nSPS) is 10.0. The number of rotatable bonds is 2. The third kappa shape index (κ3) is 1.56. The molecule has 0 saturated carbocycles. The summed E-state index contributed by atoms with van der Waals surface area (Å²) in [6.07, 6.45) is 0.954. The molecule has 12 heavy (non-hydrogen) atoms. The maximum atomic E-state index is 5.97. The lowest BCUT2D eigenvalue weighted by atomic mass is 10.1. The predicted octanol–water partition coefficient (Wildman–Crippen LogP) is 3.22. The Labute approximate surface area is 78.3 Å². The number of halogens is 1. The van der Waals surface area contributed by atoms with Gasteiger partial charge in [-0.15, -0.1) is 0 Å². The van der Waals surface area contributed by atoms with Gasteiger partial charge < -0.3 is 4.74 Å². The van der Waals surface area contributed by atoms with Crippen LogP contribution in [0, 0.1) is 6.92 Å². The van der Waals surface area contributed by atoms with Gasteiger partial charge >= 0.3 is 0 Å². The van der Waals surface area contributed by atoms with E-state index in [4.69, 9.17) is 16.3 Å². The topological polar surface area (TPSA) is 9.23 Å². The molecule has 1 nitrogen and oxygen atoms in total. The minimum absolute atomic E-state index is 0.813.